The zero-order chi connectivity index (χ0) is 12.4. The van der Waals surface area contributed by atoms with Crippen molar-refractivity contribution in [3.63, 3.8) is 0 Å². The van der Waals surface area contributed by atoms with Crippen LogP contribution in [-0.4, -0.2) is 23.0 Å². The standard InChI is InChI=1S/C14H15IN2O/c15-14-4-2-1-3-13(14)11-9-16-17(10-11)12-5-7-18-8-6-12/h1-4,9-10,12H,5-8H2. The maximum absolute atomic E-state index is 5.39. The van der Waals surface area contributed by atoms with Crippen molar-refractivity contribution in [3.8, 4) is 11.1 Å². The van der Waals surface area contributed by atoms with Gasteiger partial charge in [-0.2, -0.15) is 5.10 Å². The highest BCUT2D eigenvalue weighted by molar-refractivity contribution is 14.1. The first-order chi connectivity index (χ1) is 8.84. The second kappa shape index (κ2) is 5.40. The molecule has 2 heterocycles. The lowest BCUT2D eigenvalue weighted by molar-refractivity contribution is 0.0662. The summed E-state index contributed by atoms with van der Waals surface area (Å²) in [6, 6.07) is 8.90. The van der Waals surface area contributed by atoms with Gasteiger partial charge in [0.1, 0.15) is 0 Å². The van der Waals surface area contributed by atoms with Gasteiger partial charge in [-0.25, -0.2) is 0 Å². The lowest BCUT2D eigenvalue weighted by atomic mass is 10.1. The minimum absolute atomic E-state index is 0.494. The smallest absolute Gasteiger partial charge is 0.0568 e. The topological polar surface area (TPSA) is 27.1 Å². The molecule has 1 aliphatic rings. The summed E-state index contributed by atoms with van der Waals surface area (Å²) in [6.07, 6.45) is 6.25. The molecule has 0 atom stereocenters. The van der Waals surface area contributed by atoms with E-state index >= 15 is 0 Å². The van der Waals surface area contributed by atoms with Crippen molar-refractivity contribution >= 4 is 22.6 Å². The van der Waals surface area contributed by atoms with Crippen molar-refractivity contribution in [2.24, 2.45) is 0 Å². The molecule has 18 heavy (non-hydrogen) atoms. The monoisotopic (exact) mass is 354 g/mol. The van der Waals surface area contributed by atoms with Crippen molar-refractivity contribution in [2.75, 3.05) is 13.2 Å². The van der Waals surface area contributed by atoms with Crippen LogP contribution in [0.4, 0.5) is 0 Å². The minimum atomic E-state index is 0.494. The first-order valence-corrected chi connectivity index (χ1v) is 7.29. The summed E-state index contributed by atoms with van der Waals surface area (Å²) in [5.41, 5.74) is 2.46. The Hall–Kier alpha value is -0.880. The van der Waals surface area contributed by atoms with Crippen LogP contribution in [0.25, 0.3) is 11.1 Å². The van der Waals surface area contributed by atoms with Crippen molar-refractivity contribution in [2.45, 2.75) is 18.9 Å². The van der Waals surface area contributed by atoms with Gasteiger partial charge in [-0.15, -0.1) is 0 Å². The molecule has 0 N–H and O–H groups in total. The van der Waals surface area contributed by atoms with Crippen LogP contribution in [0.3, 0.4) is 0 Å². The maximum Gasteiger partial charge on any atom is 0.0568 e. The molecule has 0 aliphatic carbocycles. The summed E-state index contributed by atoms with van der Waals surface area (Å²) in [5.74, 6) is 0. The highest BCUT2D eigenvalue weighted by Gasteiger charge is 2.17. The number of benzene rings is 1. The predicted molar refractivity (Wildman–Crippen MR) is 79.5 cm³/mol. The van der Waals surface area contributed by atoms with E-state index in [1.54, 1.807) is 0 Å². The molecule has 0 unspecified atom stereocenters. The number of hydrogen-bond acceptors (Lipinski definition) is 2. The van der Waals surface area contributed by atoms with Crippen LogP contribution in [0, 0.1) is 3.57 Å². The summed E-state index contributed by atoms with van der Waals surface area (Å²) >= 11 is 2.37. The SMILES string of the molecule is Ic1ccccc1-c1cnn(C2CCOCC2)c1. The molecule has 1 aromatic heterocycles. The van der Waals surface area contributed by atoms with E-state index in [1.165, 1.54) is 14.7 Å². The number of hydrogen-bond donors (Lipinski definition) is 0. The van der Waals surface area contributed by atoms with Gasteiger partial charge in [-0.05, 0) is 47.1 Å². The molecule has 1 aliphatic heterocycles. The van der Waals surface area contributed by atoms with Gasteiger partial charge < -0.3 is 4.74 Å². The van der Waals surface area contributed by atoms with Gasteiger partial charge in [-0.1, -0.05) is 18.2 Å². The van der Waals surface area contributed by atoms with Gasteiger partial charge in [0.15, 0.2) is 0 Å². The molecule has 0 bridgehead atoms. The third kappa shape index (κ3) is 2.44. The van der Waals surface area contributed by atoms with Gasteiger partial charge in [0.25, 0.3) is 0 Å². The Morgan fingerprint density at radius 2 is 2.00 bits per heavy atom. The van der Waals surface area contributed by atoms with Crippen LogP contribution in [0.15, 0.2) is 36.7 Å². The number of ether oxygens (including phenoxy) is 1. The van der Waals surface area contributed by atoms with E-state index in [0.29, 0.717) is 6.04 Å². The van der Waals surface area contributed by atoms with Crippen molar-refractivity contribution in [1.29, 1.82) is 0 Å². The predicted octanol–water partition coefficient (Wildman–Crippen LogP) is 3.51. The number of halogens is 1. The highest BCUT2D eigenvalue weighted by Crippen LogP contribution is 2.27. The third-order valence-corrected chi connectivity index (χ3v) is 4.29. The zero-order valence-electron chi connectivity index (χ0n) is 10.1. The second-order valence-electron chi connectivity index (χ2n) is 4.53. The van der Waals surface area contributed by atoms with Crippen molar-refractivity contribution in [1.82, 2.24) is 9.78 Å². The highest BCUT2D eigenvalue weighted by atomic mass is 127. The quantitative estimate of drug-likeness (QED) is 0.772. The number of rotatable bonds is 2. The molecule has 1 aromatic carbocycles. The fraction of sp³-hybridized carbons (Fsp3) is 0.357. The van der Waals surface area contributed by atoms with Crippen LogP contribution in [0.5, 0.6) is 0 Å². The van der Waals surface area contributed by atoms with E-state index in [9.17, 15) is 0 Å². The largest absolute Gasteiger partial charge is 0.381 e. The van der Waals surface area contributed by atoms with E-state index in [2.05, 4.69) is 62.8 Å². The summed E-state index contributed by atoms with van der Waals surface area (Å²) in [4.78, 5) is 0. The summed E-state index contributed by atoms with van der Waals surface area (Å²) in [5, 5.41) is 4.52. The van der Waals surface area contributed by atoms with Gasteiger partial charge in [0.05, 0.1) is 12.2 Å². The lowest BCUT2D eigenvalue weighted by Gasteiger charge is -2.22. The molecule has 0 radical (unpaired) electrons. The van der Waals surface area contributed by atoms with Gasteiger partial charge in [0, 0.05) is 28.5 Å². The van der Waals surface area contributed by atoms with Crippen LogP contribution in [0.2, 0.25) is 0 Å². The molecule has 0 spiro atoms. The average molecular weight is 354 g/mol. The molecule has 0 amide bonds. The molecule has 0 saturated carbocycles. The van der Waals surface area contributed by atoms with E-state index in [1.807, 2.05) is 6.20 Å². The molecule has 3 rings (SSSR count). The molecule has 3 nitrogen and oxygen atoms in total. The number of nitrogens with zero attached hydrogens (tertiary/aromatic N) is 2. The summed E-state index contributed by atoms with van der Waals surface area (Å²) in [7, 11) is 0. The molecular formula is C14H15IN2O. The Morgan fingerprint density at radius 1 is 1.22 bits per heavy atom. The van der Waals surface area contributed by atoms with Crippen LogP contribution >= 0.6 is 22.6 Å². The Kier molecular flexibility index (Phi) is 3.65. The zero-order valence-corrected chi connectivity index (χ0v) is 12.2. The Labute approximate surface area is 120 Å². The Balaban J connectivity index is 1.87. The molecule has 1 fully saturated rings. The van der Waals surface area contributed by atoms with Crippen LogP contribution in [0.1, 0.15) is 18.9 Å². The lowest BCUT2D eigenvalue weighted by Crippen LogP contribution is -2.19. The average Bonchev–Trinajstić information content (AvgIpc) is 2.90. The Bertz CT molecular complexity index is 532. The van der Waals surface area contributed by atoms with E-state index in [0.717, 1.165) is 26.1 Å². The molecule has 2 aromatic rings. The molecular weight excluding hydrogens is 339 g/mol. The van der Waals surface area contributed by atoms with Crippen LogP contribution in [-0.2, 0) is 4.74 Å². The van der Waals surface area contributed by atoms with Gasteiger partial charge in [0.2, 0.25) is 0 Å². The first kappa shape index (κ1) is 12.2. The summed E-state index contributed by atoms with van der Waals surface area (Å²) < 4.78 is 8.75. The fourth-order valence-electron chi connectivity index (χ4n) is 2.32. The van der Waals surface area contributed by atoms with E-state index < -0.39 is 0 Å². The second-order valence-corrected chi connectivity index (χ2v) is 5.69. The molecule has 94 valence electrons. The van der Waals surface area contributed by atoms with Gasteiger partial charge >= 0.3 is 0 Å². The fourth-order valence-corrected chi connectivity index (χ4v) is 3.02. The van der Waals surface area contributed by atoms with Crippen molar-refractivity contribution < 1.29 is 4.74 Å². The van der Waals surface area contributed by atoms with E-state index in [4.69, 9.17) is 4.74 Å². The summed E-state index contributed by atoms with van der Waals surface area (Å²) in [6.45, 7) is 1.70. The number of aromatic nitrogens is 2. The first-order valence-electron chi connectivity index (χ1n) is 6.21. The third-order valence-electron chi connectivity index (χ3n) is 3.35. The maximum atomic E-state index is 5.39. The molecule has 1 saturated heterocycles. The minimum Gasteiger partial charge on any atom is -0.381 e. The van der Waals surface area contributed by atoms with E-state index in [-0.39, 0.29) is 0 Å². The molecule has 4 heteroatoms. The van der Waals surface area contributed by atoms with Crippen molar-refractivity contribution in [3.05, 3.63) is 40.2 Å². The van der Waals surface area contributed by atoms with Gasteiger partial charge in [-0.3, -0.25) is 4.68 Å². The Morgan fingerprint density at radius 3 is 2.78 bits per heavy atom. The van der Waals surface area contributed by atoms with Crippen LogP contribution < -0.4 is 0 Å². The normalized spacial score (nSPS) is 16.9.